The van der Waals surface area contributed by atoms with Gasteiger partial charge in [-0.2, -0.15) is 0 Å². The first-order valence-corrected chi connectivity index (χ1v) is 8.39. The molecule has 0 spiro atoms. The molecule has 6 nitrogen and oxygen atoms in total. The lowest BCUT2D eigenvalue weighted by Gasteiger charge is -2.43. The van der Waals surface area contributed by atoms with E-state index in [4.69, 9.17) is 0 Å². The summed E-state index contributed by atoms with van der Waals surface area (Å²) in [6.07, 6.45) is 0. The summed E-state index contributed by atoms with van der Waals surface area (Å²) in [5, 5.41) is 0. The van der Waals surface area contributed by atoms with E-state index in [1.165, 1.54) is 0 Å². The van der Waals surface area contributed by atoms with Crippen LogP contribution in [0, 0.1) is 0 Å². The molecule has 0 aromatic heterocycles. The van der Waals surface area contributed by atoms with Crippen LogP contribution in [0.4, 0.5) is 11.4 Å². The fourth-order valence-electron chi connectivity index (χ4n) is 3.73. The number of nitrogens with zero attached hydrogens (tertiary/aromatic N) is 4. The summed E-state index contributed by atoms with van der Waals surface area (Å²) in [4.78, 5) is 32.9. The van der Waals surface area contributed by atoms with E-state index in [2.05, 4.69) is 0 Å². The molecule has 0 aliphatic carbocycles. The number of carbonyl (C=O) groups excluding carboxylic acids is 2. The van der Waals surface area contributed by atoms with E-state index in [0.29, 0.717) is 22.8 Å². The molecule has 0 fully saturated rings. The molecule has 2 aliphatic rings. The van der Waals surface area contributed by atoms with Crippen LogP contribution in [-0.2, 0) is 0 Å². The molecule has 0 unspecified atom stereocenters. The number of benzene rings is 2. The Labute approximate surface area is 152 Å². The normalized spacial score (nSPS) is 19.7. The Morgan fingerprint density at radius 1 is 0.538 bits per heavy atom. The maximum atomic E-state index is 12.9. The van der Waals surface area contributed by atoms with Crippen LogP contribution in [0.1, 0.15) is 20.7 Å². The molecule has 0 bridgehead atoms. The van der Waals surface area contributed by atoms with E-state index < -0.39 is 0 Å². The predicted octanol–water partition coefficient (Wildman–Crippen LogP) is 2.56. The van der Waals surface area contributed by atoms with Gasteiger partial charge in [-0.05, 0) is 24.3 Å². The smallest absolute Gasteiger partial charge is 0.261 e. The minimum absolute atomic E-state index is 0.0886. The Hall–Kier alpha value is -3.28. The number of anilines is 2. The van der Waals surface area contributed by atoms with Crippen LogP contribution in [-0.4, -0.2) is 49.8 Å². The van der Waals surface area contributed by atoms with Gasteiger partial charge in [-0.1, -0.05) is 24.3 Å². The molecule has 0 saturated heterocycles. The monoisotopic (exact) mass is 348 g/mol. The maximum Gasteiger partial charge on any atom is 0.261 e. The van der Waals surface area contributed by atoms with Crippen molar-refractivity contribution in [3.63, 3.8) is 0 Å². The van der Waals surface area contributed by atoms with Crippen LogP contribution < -0.4 is 9.80 Å². The summed E-state index contributed by atoms with van der Waals surface area (Å²) in [5.41, 5.74) is 2.95. The van der Waals surface area contributed by atoms with Crippen LogP contribution in [0.2, 0.25) is 0 Å². The third kappa shape index (κ3) is 2.05. The van der Waals surface area contributed by atoms with Crippen molar-refractivity contribution in [2.45, 2.75) is 0 Å². The SMILES string of the molecule is CN1C(=O)c2ccccc2N(C)/C1=C1\N(C)C(=O)c2ccccc2N1C. The van der Waals surface area contributed by atoms with Gasteiger partial charge in [-0.25, -0.2) is 0 Å². The van der Waals surface area contributed by atoms with Gasteiger partial charge >= 0.3 is 0 Å². The second kappa shape index (κ2) is 5.62. The third-order valence-corrected chi connectivity index (χ3v) is 5.07. The van der Waals surface area contributed by atoms with Crippen LogP contribution in [0.3, 0.4) is 0 Å². The van der Waals surface area contributed by atoms with Crippen molar-refractivity contribution in [2.24, 2.45) is 0 Å². The number of carbonyl (C=O) groups is 2. The van der Waals surface area contributed by atoms with Gasteiger partial charge in [0.15, 0.2) is 11.6 Å². The minimum Gasteiger partial charge on any atom is -0.327 e. The van der Waals surface area contributed by atoms with Crippen LogP contribution in [0.5, 0.6) is 0 Å². The Bertz CT molecular complexity index is 888. The first-order valence-electron chi connectivity index (χ1n) is 8.39. The Kier molecular flexibility index (Phi) is 3.50. The third-order valence-electron chi connectivity index (χ3n) is 5.07. The second-order valence-electron chi connectivity index (χ2n) is 6.53. The van der Waals surface area contributed by atoms with Gasteiger partial charge in [0.05, 0.1) is 22.5 Å². The largest absolute Gasteiger partial charge is 0.327 e. The second-order valence-corrected chi connectivity index (χ2v) is 6.53. The fraction of sp³-hybridized carbons (Fsp3) is 0.200. The average molecular weight is 348 g/mol. The van der Waals surface area contributed by atoms with Crippen molar-refractivity contribution in [3.05, 3.63) is 71.3 Å². The van der Waals surface area contributed by atoms with Crippen molar-refractivity contribution < 1.29 is 9.59 Å². The first-order chi connectivity index (χ1) is 12.4. The Morgan fingerprint density at radius 2 is 0.885 bits per heavy atom. The summed E-state index contributed by atoms with van der Waals surface area (Å²) in [6, 6.07) is 15.0. The summed E-state index contributed by atoms with van der Waals surface area (Å²) in [7, 11) is 7.31. The van der Waals surface area contributed by atoms with Gasteiger partial charge < -0.3 is 9.80 Å². The number of fused-ring (bicyclic) bond motifs is 2. The van der Waals surface area contributed by atoms with Crippen LogP contribution >= 0.6 is 0 Å². The van der Waals surface area contributed by atoms with Gasteiger partial charge in [0.1, 0.15) is 0 Å². The average Bonchev–Trinajstić information content (AvgIpc) is 2.67. The molecule has 2 aromatic rings. The topological polar surface area (TPSA) is 47.1 Å². The summed E-state index contributed by atoms with van der Waals surface area (Å²) in [6.45, 7) is 0. The standard InChI is InChI=1S/C20H20N4O2/c1-21-15-11-7-5-9-13(15)19(25)23(3)17(21)18-22(2)16-12-8-6-10-14(16)20(26)24(18)4/h5-12H,1-4H3/b18-17+. The van der Waals surface area contributed by atoms with E-state index in [0.717, 1.165) is 11.4 Å². The molecule has 26 heavy (non-hydrogen) atoms. The molecule has 2 aliphatic heterocycles. The molecule has 2 aromatic carbocycles. The van der Waals surface area contributed by atoms with Gasteiger partial charge in [0.2, 0.25) is 0 Å². The molecule has 0 atom stereocenters. The highest BCUT2D eigenvalue weighted by molar-refractivity contribution is 6.06. The molecule has 132 valence electrons. The molecule has 2 amide bonds. The lowest BCUT2D eigenvalue weighted by atomic mass is 10.1. The van der Waals surface area contributed by atoms with Gasteiger partial charge in [-0.3, -0.25) is 19.4 Å². The van der Waals surface area contributed by atoms with E-state index >= 15 is 0 Å². The molecule has 0 N–H and O–H groups in total. The number of hydrogen-bond acceptors (Lipinski definition) is 4. The number of hydrogen-bond donors (Lipinski definition) is 0. The van der Waals surface area contributed by atoms with Crippen LogP contribution in [0.25, 0.3) is 0 Å². The zero-order valence-corrected chi connectivity index (χ0v) is 15.2. The van der Waals surface area contributed by atoms with Crippen molar-refractivity contribution >= 4 is 23.2 Å². The molecular formula is C20H20N4O2. The molecular weight excluding hydrogens is 328 g/mol. The highest BCUT2D eigenvalue weighted by Crippen LogP contribution is 2.38. The molecule has 0 saturated carbocycles. The van der Waals surface area contributed by atoms with Crippen molar-refractivity contribution in [2.75, 3.05) is 38.0 Å². The van der Waals surface area contributed by atoms with E-state index in [-0.39, 0.29) is 11.8 Å². The number of amides is 2. The zero-order valence-electron chi connectivity index (χ0n) is 15.2. The van der Waals surface area contributed by atoms with Crippen molar-refractivity contribution in [1.29, 1.82) is 0 Å². The lowest BCUT2D eigenvalue weighted by Crippen LogP contribution is -2.49. The van der Waals surface area contributed by atoms with Gasteiger partial charge in [0.25, 0.3) is 11.8 Å². The number of rotatable bonds is 0. The summed E-state index contributed by atoms with van der Waals surface area (Å²) in [5.74, 6) is 1.16. The molecule has 0 radical (unpaired) electrons. The minimum atomic E-state index is -0.0886. The Morgan fingerprint density at radius 3 is 1.27 bits per heavy atom. The van der Waals surface area contributed by atoms with Crippen molar-refractivity contribution in [1.82, 2.24) is 9.80 Å². The van der Waals surface area contributed by atoms with E-state index in [1.54, 1.807) is 23.9 Å². The lowest BCUT2D eigenvalue weighted by molar-refractivity contribution is 0.0782. The van der Waals surface area contributed by atoms with Gasteiger partial charge in [0, 0.05) is 28.2 Å². The molecule has 4 rings (SSSR count). The Balaban J connectivity index is 1.96. The summed E-state index contributed by atoms with van der Waals surface area (Å²) >= 11 is 0. The highest BCUT2D eigenvalue weighted by Gasteiger charge is 2.38. The van der Waals surface area contributed by atoms with Gasteiger partial charge in [-0.15, -0.1) is 0 Å². The van der Waals surface area contributed by atoms with E-state index in [9.17, 15) is 9.59 Å². The quantitative estimate of drug-likeness (QED) is 0.734. The van der Waals surface area contributed by atoms with Crippen LogP contribution in [0.15, 0.2) is 60.2 Å². The maximum absolute atomic E-state index is 12.9. The van der Waals surface area contributed by atoms with Crippen molar-refractivity contribution in [3.8, 4) is 0 Å². The highest BCUT2D eigenvalue weighted by atomic mass is 16.2. The first kappa shape index (κ1) is 16.2. The molecule has 6 heteroatoms. The summed E-state index contributed by atoms with van der Waals surface area (Å²) < 4.78 is 0. The predicted molar refractivity (Wildman–Crippen MR) is 101 cm³/mol. The number of para-hydroxylation sites is 2. The van der Waals surface area contributed by atoms with E-state index in [1.807, 2.05) is 72.4 Å². The zero-order chi connectivity index (χ0) is 18.6. The molecule has 2 heterocycles. The fourth-order valence-corrected chi connectivity index (χ4v) is 3.73.